The first kappa shape index (κ1) is 48.9. The number of hydrogen-bond acceptors (Lipinski definition) is 8. The molecule has 0 bridgehead atoms. The maximum atomic E-state index is 13.1. The van der Waals surface area contributed by atoms with Gasteiger partial charge in [0.25, 0.3) is 0 Å². The average molecular weight is 765 g/mol. The van der Waals surface area contributed by atoms with Crippen LogP contribution >= 0.6 is 0 Å². The first-order valence-corrected chi connectivity index (χ1v) is 22.6. The molecule has 0 amide bonds. The fraction of sp³-hybridized carbons (Fsp3) is 0.957. The van der Waals surface area contributed by atoms with Crippen molar-refractivity contribution < 1.29 is 28.7 Å². The van der Waals surface area contributed by atoms with Crippen molar-refractivity contribution in [3.05, 3.63) is 0 Å². The summed E-state index contributed by atoms with van der Waals surface area (Å²) in [6, 6.07) is 0. The van der Waals surface area contributed by atoms with E-state index in [-0.39, 0.29) is 33.8 Å². The molecule has 0 aromatic heterocycles. The molecule has 0 spiro atoms. The van der Waals surface area contributed by atoms with Gasteiger partial charge in [0.05, 0.1) is 13.2 Å². The number of unbranched alkanes of at least 4 members (excludes halogenated alkanes) is 15. The summed E-state index contributed by atoms with van der Waals surface area (Å²) >= 11 is 0. The van der Waals surface area contributed by atoms with Gasteiger partial charge < -0.3 is 9.47 Å². The van der Waals surface area contributed by atoms with E-state index in [0.717, 1.165) is 90.5 Å². The molecule has 8 nitrogen and oxygen atoms in total. The maximum absolute atomic E-state index is 13.1. The number of carbonyl (C=O) groups is 2. The Bertz CT molecular complexity index is 1010. The minimum absolute atomic E-state index is 0.0969. The van der Waals surface area contributed by atoms with Crippen LogP contribution in [0.5, 0.6) is 0 Å². The highest BCUT2D eigenvalue weighted by molar-refractivity contribution is 5.70. The Hall–Kier alpha value is -1.22. The topological polar surface area (TPSA) is 77.5 Å². The molecule has 0 radical (unpaired) electrons. The summed E-state index contributed by atoms with van der Waals surface area (Å²) in [5.41, 5.74) is -2.25. The quantitative estimate of drug-likeness (QED) is 0.0604. The summed E-state index contributed by atoms with van der Waals surface area (Å²) in [6.45, 7) is 29.5. The van der Waals surface area contributed by atoms with E-state index in [2.05, 4.69) is 93.2 Å². The number of ether oxygens (including phenoxy) is 2. The maximum Gasteiger partial charge on any atom is 0.306 e. The summed E-state index contributed by atoms with van der Waals surface area (Å²) in [4.78, 5) is 38.8. The molecule has 2 aliphatic rings. The van der Waals surface area contributed by atoms with Gasteiger partial charge in [-0.25, -0.2) is 0 Å². The molecule has 0 aromatic carbocycles. The molecular formula is C46H88N2O6. The van der Waals surface area contributed by atoms with Crippen LogP contribution in [0.2, 0.25) is 0 Å². The Morgan fingerprint density at radius 1 is 0.444 bits per heavy atom. The molecule has 2 aliphatic heterocycles. The van der Waals surface area contributed by atoms with Gasteiger partial charge in [0, 0.05) is 60.7 Å². The number of esters is 2. The van der Waals surface area contributed by atoms with Crippen molar-refractivity contribution >= 4 is 11.9 Å². The lowest BCUT2D eigenvalue weighted by molar-refractivity contribution is -0.300. The van der Waals surface area contributed by atoms with Crippen molar-refractivity contribution in [3.63, 3.8) is 0 Å². The van der Waals surface area contributed by atoms with E-state index in [1.165, 1.54) is 64.2 Å². The Kier molecular flexibility index (Phi) is 20.5. The monoisotopic (exact) mass is 765 g/mol. The predicted molar refractivity (Wildman–Crippen MR) is 223 cm³/mol. The molecule has 2 saturated heterocycles. The number of nitrogens with zero attached hydrogens (tertiary/aromatic N) is 2. The minimum Gasteiger partial charge on any atom is -0.459 e. The Morgan fingerprint density at radius 3 is 1.07 bits per heavy atom. The van der Waals surface area contributed by atoms with E-state index in [4.69, 9.17) is 19.1 Å². The third-order valence-corrected chi connectivity index (χ3v) is 14.7. The zero-order chi connectivity index (χ0) is 40.5. The number of hydroxylamine groups is 4. The van der Waals surface area contributed by atoms with Gasteiger partial charge in [-0.3, -0.25) is 19.3 Å². The first-order chi connectivity index (χ1) is 25.3. The smallest absolute Gasteiger partial charge is 0.306 e. The molecule has 2 unspecified atom stereocenters. The van der Waals surface area contributed by atoms with Crippen LogP contribution in [0.15, 0.2) is 0 Å². The molecule has 2 atom stereocenters. The zero-order valence-electron chi connectivity index (χ0n) is 37.7. The highest BCUT2D eigenvalue weighted by Gasteiger charge is 2.60. The second kappa shape index (κ2) is 22.6. The summed E-state index contributed by atoms with van der Waals surface area (Å²) in [5, 5.41) is 4.29. The molecule has 54 heavy (non-hydrogen) atoms. The lowest BCUT2D eigenvalue weighted by Crippen LogP contribution is -2.68. The van der Waals surface area contributed by atoms with Gasteiger partial charge in [-0.05, 0) is 67.2 Å². The van der Waals surface area contributed by atoms with Crippen molar-refractivity contribution in [1.82, 2.24) is 10.1 Å². The fourth-order valence-corrected chi connectivity index (χ4v) is 8.51. The number of hydrogen-bond donors (Lipinski definition) is 0. The van der Waals surface area contributed by atoms with E-state index >= 15 is 0 Å². The molecule has 2 heterocycles. The van der Waals surface area contributed by atoms with Crippen LogP contribution in [0.4, 0.5) is 0 Å². The van der Waals surface area contributed by atoms with Gasteiger partial charge in [-0.1, -0.05) is 131 Å². The van der Waals surface area contributed by atoms with Gasteiger partial charge in [-0.15, -0.1) is 0 Å². The SMILES string of the molecule is CCCCCCCCON1CCC(C)(OC(=O)CCCCCCCCC(=O)OC2(C)CCN(OCCCCCCCC)C(C)(C)C2(C)C)C(C)(C)C1(C)C. The molecule has 2 fully saturated rings. The third kappa shape index (κ3) is 13.2. The average Bonchev–Trinajstić information content (AvgIpc) is 3.09. The second-order valence-electron chi connectivity index (χ2n) is 19.3. The molecule has 0 aromatic rings. The highest BCUT2D eigenvalue weighted by Crippen LogP contribution is 2.53. The largest absolute Gasteiger partial charge is 0.459 e. The normalized spacial score (nSPS) is 25.0. The lowest BCUT2D eigenvalue weighted by Gasteiger charge is -2.60. The van der Waals surface area contributed by atoms with E-state index in [1.54, 1.807) is 0 Å². The van der Waals surface area contributed by atoms with Gasteiger partial charge in [0.2, 0.25) is 0 Å². The number of rotatable bonds is 27. The van der Waals surface area contributed by atoms with Crippen molar-refractivity contribution in [3.8, 4) is 0 Å². The van der Waals surface area contributed by atoms with Crippen molar-refractivity contribution in [2.45, 2.75) is 247 Å². The van der Waals surface area contributed by atoms with Gasteiger partial charge in [0.1, 0.15) is 11.2 Å². The van der Waals surface area contributed by atoms with E-state index in [1.807, 2.05) is 0 Å². The van der Waals surface area contributed by atoms with E-state index in [0.29, 0.717) is 12.8 Å². The van der Waals surface area contributed by atoms with Crippen LogP contribution in [-0.4, -0.2) is 70.6 Å². The Morgan fingerprint density at radius 2 is 0.741 bits per heavy atom. The van der Waals surface area contributed by atoms with Gasteiger partial charge in [-0.2, -0.15) is 10.1 Å². The molecular weight excluding hydrogens is 677 g/mol. The summed E-state index contributed by atoms with van der Waals surface area (Å²) in [6.07, 6.45) is 23.1. The molecule has 0 aliphatic carbocycles. The Labute approximate surface area is 333 Å². The summed E-state index contributed by atoms with van der Waals surface area (Å²) in [5.74, 6) is -0.194. The zero-order valence-corrected chi connectivity index (χ0v) is 37.7. The molecule has 2 rings (SSSR count). The van der Waals surface area contributed by atoms with Crippen LogP contribution in [0.3, 0.4) is 0 Å². The van der Waals surface area contributed by atoms with E-state index < -0.39 is 11.2 Å². The summed E-state index contributed by atoms with van der Waals surface area (Å²) in [7, 11) is 0. The van der Waals surface area contributed by atoms with Crippen LogP contribution in [-0.2, 0) is 28.7 Å². The van der Waals surface area contributed by atoms with Crippen molar-refractivity contribution in [2.24, 2.45) is 10.8 Å². The predicted octanol–water partition coefficient (Wildman–Crippen LogP) is 12.3. The summed E-state index contributed by atoms with van der Waals surface area (Å²) < 4.78 is 12.6. The van der Waals surface area contributed by atoms with Crippen LogP contribution in [0.25, 0.3) is 0 Å². The van der Waals surface area contributed by atoms with Crippen molar-refractivity contribution in [1.29, 1.82) is 0 Å². The molecule has 8 heteroatoms. The second-order valence-corrected chi connectivity index (χ2v) is 19.3. The van der Waals surface area contributed by atoms with Crippen LogP contribution < -0.4 is 0 Å². The molecule has 0 N–H and O–H groups in total. The minimum atomic E-state index is -0.553. The Balaban J connectivity index is 1.66. The van der Waals surface area contributed by atoms with E-state index in [9.17, 15) is 9.59 Å². The standard InChI is InChI=1S/C46H88N2O6/c1-13-15-17-19-25-29-37-51-47-35-33-45(11,41(3,4)43(47,7)8)53-39(49)31-27-23-21-22-24-28-32-40(50)54-46(12)34-36-48(44(9,10)42(46,5)6)52-38-30-26-20-18-16-14-2/h13-38H2,1-12H3. The van der Waals surface area contributed by atoms with Gasteiger partial charge >= 0.3 is 11.9 Å². The fourth-order valence-electron chi connectivity index (χ4n) is 8.51. The van der Waals surface area contributed by atoms with Crippen molar-refractivity contribution in [2.75, 3.05) is 26.3 Å². The molecule has 0 saturated carbocycles. The lowest BCUT2D eigenvalue weighted by atomic mass is 9.60. The van der Waals surface area contributed by atoms with Gasteiger partial charge in [0.15, 0.2) is 0 Å². The first-order valence-electron chi connectivity index (χ1n) is 22.6. The highest BCUT2D eigenvalue weighted by atomic mass is 16.7. The third-order valence-electron chi connectivity index (χ3n) is 14.7. The van der Waals surface area contributed by atoms with Crippen LogP contribution in [0, 0.1) is 10.8 Å². The molecule has 318 valence electrons. The number of carbonyl (C=O) groups excluding carboxylic acids is 2. The number of piperidine rings is 2. The van der Waals surface area contributed by atoms with Crippen LogP contribution in [0.1, 0.15) is 224 Å².